The van der Waals surface area contributed by atoms with Gasteiger partial charge < -0.3 is 9.47 Å². The fourth-order valence-corrected chi connectivity index (χ4v) is 5.38. The molecule has 5 heteroatoms. The van der Waals surface area contributed by atoms with E-state index in [1.165, 1.54) is 39.0 Å². The minimum absolute atomic E-state index is 0.233. The number of ether oxygens (including phenoxy) is 2. The van der Waals surface area contributed by atoms with E-state index in [1.807, 2.05) is 36.4 Å². The van der Waals surface area contributed by atoms with E-state index < -0.39 is 16.9 Å². The highest BCUT2D eigenvalue weighted by atomic mass is 32.2. The molecule has 4 aromatic carbocycles. The third-order valence-electron chi connectivity index (χ3n) is 4.53. The van der Waals surface area contributed by atoms with Crippen LogP contribution in [0.25, 0.3) is 0 Å². The molecule has 0 spiro atoms. The molecular weight excluding hydrogens is 411 g/mol. The second-order valence-electron chi connectivity index (χ2n) is 6.72. The molecule has 0 radical (unpaired) electrons. The van der Waals surface area contributed by atoms with Crippen molar-refractivity contribution >= 4 is 16.9 Å². The Morgan fingerprint density at radius 1 is 0.645 bits per heavy atom. The van der Waals surface area contributed by atoms with Crippen molar-refractivity contribution in [1.29, 1.82) is 0 Å². The average molecular weight is 433 g/mol. The van der Waals surface area contributed by atoms with Gasteiger partial charge in [-0.25, -0.2) is 9.18 Å². The molecule has 31 heavy (non-hydrogen) atoms. The molecule has 3 nitrogen and oxygen atoms in total. The van der Waals surface area contributed by atoms with E-state index in [2.05, 4.69) is 48.5 Å². The zero-order valence-corrected chi connectivity index (χ0v) is 17.5. The van der Waals surface area contributed by atoms with Gasteiger partial charge in [-0.15, -0.1) is 0 Å². The Kier molecular flexibility index (Phi) is 6.65. The SMILES string of the molecule is O=C(COc1ccc([SH](c2ccccc2)c2ccccc2)cc1)Oc1ccc(F)cc1. The van der Waals surface area contributed by atoms with Crippen molar-refractivity contribution in [2.75, 3.05) is 6.61 Å². The van der Waals surface area contributed by atoms with Crippen LogP contribution in [0, 0.1) is 5.82 Å². The first-order chi connectivity index (χ1) is 15.2. The molecule has 0 saturated heterocycles. The highest BCUT2D eigenvalue weighted by molar-refractivity contribution is 8.17. The Hall–Kier alpha value is -3.57. The van der Waals surface area contributed by atoms with Crippen LogP contribution >= 0.6 is 10.9 Å². The van der Waals surface area contributed by atoms with E-state index >= 15 is 0 Å². The Bertz CT molecular complexity index is 1080. The molecule has 0 bridgehead atoms. The molecule has 0 aliphatic carbocycles. The molecule has 0 heterocycles. The molecule has 0 aliphatic rings. The van der Waals surface area contributed by atoms with Gasteiger partial charge >= 0.3 is 5.97 Å². The highest BCUT2D eigenvalue weighted by Crippen LogP contribution is 2.51. The maximum absolute atomic E-state index is 12.9. The van der Waals surface area contributed by atoms with Crippen LogP contribution < -0.4 is 9.47 Å². The molecule has 0 saturated carbocycles. The summed E-state index contributed by atoms with van der Waals surface area (Å²) < 4.78 is 23.6. The summed E-state index contributed by atoms with van der Waals surface area (Å²) in [6, 6.07) is 33.9. The average Bonchev–Trinajstić information content (AvgIpc) is 2.82. The standard InChI is InChI=1S/C26H21FO3S/c27-20-11-13-22(14-12-20)30-26(28)19-29-21-15-17-25(18-16-21)31(23-7-3-1-4-8-23)24-9-5-2-6-10-24/h1-18,31H,19H2. The van der Waals surface area contributed by atoms with Gasteiger partial charge in [0.15, 0.2) is 6.61 Å². The van der Waals surface area contributed by atoms with Crippen molar-refractivity contribution in [2.24, 2.45) is 0 Å². The van der Waals surface area contributed by atoms with E-state index in [-0.39, 0.29) is 18.2 Å². The zero-order valence-electron chi connectivity index (χ0n) is 16.6. The Morgan fingerprint density at radius 3 is 1.68 bits per heavy atom. The van der Waals surface area contributed by atoms with Gasteiger partial charge in [0.25, 0.3) is 0 Å². The summed E-state index contributed by atoms with van der Waals surface area (Å²) in [7, 11) is -0.694. The lowest BCUT2D eigenvalue weighted by molar-refractivity contribution is -0.136. The molecule has 4 rings (SSSR count). The van der Waals surface area contributed by atoms with Crippen LogP contribution in [-0.4, -0.2) is 12.6 Å². The number of hydrogen-bond acceptors (Lipinski definition) is 3. The number of rotatable bonds is 7. The number of esters is 1. The number of halogens is 1. The van der Waals surface area contributed by atoms with Crippen molar-refractivity contribution in [2.45, 2.75) is 14.7 Å². The third-order valence-corrected chi connectivity index (χ3v) is 6.97. The Labute approximate surface area is 183 Å². The van der Waals surface area contributed by atoms with Crippen molar-refractivity contribution in [1.82, 2.24) is 0 Å². The molecule has 0 fully saturated rings. The lowest BCUT2D eigenvalue weighted by Gasteiger charge is -2.23. The van der Waals surface area contributed by atoms with Crippen molar-refractivity contribution in [3.05, 3.63) is 115 Å². The van der Waals surface area contributed by atoms with Gasteiger partial charge in [-0.2, -0.15) is 10.9 Å². The van der Waals surface area contributed by atoms with Crippen LogP contribution in [-0.2, 0) is 4.79 Å². The van der Waals surface area contributed by atoms with Crippen LogP contribution in [0.3, 0.4) is 0 Å². The Balaban J connectivity index is 1.45. The van der Waals surface area contributed by atoms with Gasteiger partial charge in [0.1, 0.15) is 17.3 Å². The van der Waals surface area contributed by atoms with Gasteiger partial charge in [0.2, 0.25) is 0 Å². The molecular formula is C26H21FO3S. The largest absolute Gasteiger partial charge is 0.482 e. The predicted octanol–water partition coefficient (Wildman–Crippen LogP) is 6.29. The van der Waals surface area contributed by atoms with Gasteiger partial charge in [0, 0.05) is 0 Å². The lowest BCUT2D eigenvalue weighted by atomic mass is 10.3. The van der Waals surface area contributed by atoms with Crippen LogP contribution in [0.1, 0.15) is 0 Å². The second kappa shape index (κ2) is 9.96. The number of carbonyl (C=O) groups is 1. The minimum atomic E-state index is -0.694. The van der Waals surface area contributed by atoms with Crippen LogP contribution in [0.15, 0.2) is 124 Å². The quantitative estimate of drug-likeness (QED) is 0.212. The van der Waals surface area contributed by atoms with Crippen molar-refractivity contribution < 1.29 is 18.7 Å². The van der Waals surface area contributed by atoms with E-state index in [1.54, 1.807) is 0 Å². The first kappa shape index (κ1) is 20.7. The second-order valence-corrected chi connectivity index (χ2v) is 8.94. The topological polar surface area (TPSA) is 35.5 Å². The molecule has 0 N–H and O–H groups in total. The Morgan fingerprint density at radius 2 is 1.13 bits per heavy atom. The van der Waals surface area contributed by atoms with Gasteiger partial charge in [-0.05, 0) is 87.5 Å². The van der Waals surface area contributed by atoms with E-state index in [0.717, 1.165) is 0 Å². The summed E-state index contributed by atoms with van der Waals surface area (Å²) in [5, 5.41) is 0. The van der Waals surface area contributed by atoms with E-state index in [0.29, 0.717) is 5.75 Å². The fourth-order valence-electron chi connectivity index (χ4n) is 3.10. The van der Waals surface area contributed by atoms with Gasteiger partial charge in [0.05, 0.1) is 0 Å². The smallest absolute Gasteiger partial charge is 0.349 e. The monoisotopic (exact) mass is 432 g/mol. The van der Waals surface area contributed by atoms with Crippen LogP contribution in [0.4, 0.5) is 4.39 Å². The minimum Gasteiger partial charge on any atom is -0.482 e. The molecule has 0 amide bonds. The zero-order chi connectivity index (χ0) is 21.5. The molecule has 0 atom stereocenters. The molecule has 4 aromatic rings. The number of carbonyl (C=O) groups excluding carboxylic acids is 1. The molecule has 0 aliphatic heterocycles. The van der Waals surface area contributed by atoms with E-state index in [9.17, 15) is 9.18 Å². The van der Waals surface area contributed by atoms with Gasteiger partial charge in [-0.3, -0.25) is 0 Å². The van der Waals surface area contributed by atoms with Crippen LogP contribution in [0.5, 0.6) is 11.5 Å². The van der Waals surface area contributed by atoms with Crippen molar-refractivity contribution in [3.8, 4) is 11.5 Å². The normalized spacial score (nSPS) is 10.9. The summed E-state index contributed by atoms with van der Waals surface area (Å²) in [6.07, 6.45) is 0. The number of benzene rings is 4. The number of hydrogen-bond donors (Lipinski definition) is 1. The highest BCUT2D eigenvalue weighted by Gasteiger charge is 2.13. The molecule has 0 aromatic heterocycles. The fraction of sp³-hybridized carbons (Fsp3) is 0.0385. The molecule has 156 valence electrons. The predicted molar refractivity (Wildman–Crippen MR) is 121 cm³/mol. The van der Waals surface area contributed by atoms with Gasteiger partial charge in [-0.1, -0.05) is 36.4 Å². The summed E-state index contributed by atoms with van der Waals surface area (Å²) in [6.45, 7) is -0.233. The van der Waals surface area contributed by atoms with E-state index in [4.69, 9.17) is 9.47 Å². The summed E-state index contributed by atoms with van der Waals surface area (Å²) >= 11 is 0. The first-order valence-electron chi connectivity index (χ1n) is 9.78. The summed E-state index contributed by atoms with van der Waals surface area (Å²) in [5.41, 5.74) is 0. The van der Waals surface area contributed by atoms with Crippen molar-refractivity contribution in [3.63, 3.8) is 0 Å². The molecule has 0 unspecified atom stereocenters. The third kappa shape index (κ3) is 5.53. The lowest BCUT2D eigenvalue weighted by Crippen LogP contribution is -2.17. The summed E-state index contributed by atoms with van der Waals surface area (Å²) in [5.74, 6) is -0.0776. The van der Waals surface area contributed by atoms with Crippen LogP contribution in [0.2, 0.25) is 0 Å². The number of thiol groups is 1. The maximum Gasteiger partial charge on any atom is 0.349 e. The first-order valence-corrected chi connectivity index (χ1v) is 11.1. The summed E-state index contributed by atoms with van der Waals surface area (Å²) in [4.78, 5) is 15.7. The maximum atomic E-state index is 12.9.